The highest BCUT2D eigenvalue weighted by molar-refractivity contribution is 5.55. The van der Waals surface area contributed by atoms with E-state index in [1.54, 1.807) is 7.11 Å². The molecular weight excluding hydrogens is 282 g/mol. The third kappa shape index (κ3) is 3.28. The third-order valence-corrected chi connectivity index (χ3v) is 4.11. The highest BCUT2D eigenvalue weighted by Gasteiger charge is 2.23. The average Bonchev–Trinajstić information content (AvgIpc) is 3.04. The fraction of sp³-hybridized carbons (Fsp3) is 0.500. The van der Waals surface area contributed by atoms with Crippen LogP contribution in [-0.2, 0) is 6.54 Å². The van der Waals surface area contributed by atoms with Crippen molar-refractivity contribution in [3.8, 4) is 17.1 Å². The second kappa shape index (κ2) is 6.89. The summed E-state index contributed by atoms with van der Waals surface area (Å²) in [6, 6.07) is 7.76. The molecule has 0 bridgehead atoms. The number of aliphatic hydroxyl groups excluding tert-OH is 1. The molecule has 0 aliphatic carbocycles. The number of hydrogen-bond donors (Lipinski definition) is 1. The molecule has 1 atom stereocenters. The normalized spacial score (nSPS) is 19.3. The van der Waals surface area contributed by atoms with Gasteiger partial charge in [-0.2, -0.15) is 4.98 Å². The summed E-state index contributed by atoms with van der Waals surface area (Å²) in [5.41, 5.74) is 0.896. The summed E-state index contributed by atoms with van der Waals surface area (Å²) in [5, 5.41) is 13.5. The number of aliphatic hydroxyl groups is 1. The lowest BCUT2D eigenvalue weighted by Crippen LogP contribution is -2.41. The van der Waals surface area contributed by atoms with Gasteiger partial charge in [-0.3, -0.25) is 4.90 Å². The van der Waals surface area contributed by atoms with E-state index in [-0.39, 0.29) is 12.6 Å². The molecule has 1 aliphatic heterocycles. The fourth-order valence-corrected chi connectivity index (χ4v) is 2.83. The largest absolute Gasteiger partial charge is 0.497 e. The molecule has 1 fully saturated rings. The molecule has 0 unspecified atom stereocenters. The molecule has 1 aliphatic rings. The molecule has 3 rings (SSSR count). The van der Waals surface area contributed by atoms with Crippen LogP contribution in [0.4, 0.5) is 0 Å². The van der Waals surface area contributed by atoms with Crippen molar-refractivity contribution in [1.82, 2.24) is 15.0 Å². The zero-order chi connectivity index (χ0) is 15.4. The van der Waals surface area contributed by atoms with Gasteiger partial charge in [0.15, 0.2) is 0 Å². The summed E-state index contributed by atoms with van der Waals surface area (Å²) in [5.74, 6) is 1.97. The Balaban J connectivity index is 1.70. The summed E-state index contributed by atoms with van der Waals surface area (Å²) in [6.07, 6.45) is 3.34. The van der Waals surface area contributed by atoms with Crippen LogP contribution in [0.3, 0.4) is 0 Å². The number of rotatable bonds is 5. The summed E-state index contributed by atoms with van der Waals surface area (Å²) in [4.78, 5) is 6.67. The summed E-state index contributed by atoms with van der Waals surface area (Å²) < 4.78 is 10.5. The van der Waals surface area contributed by atoms with E-state index in [0.717, 1.165) is 30.7 Å². The molecule has 22 heavy (non-hydrogen) atoms. The van der Waals surface area contributed by atoms with Crippen molar-refractivity contribution >= 4 is 0 Å². The third-order valence-electron chi connectivity index (χ3n) is 4.11. The molecule has 6 heteroatoms. The average molecular weight is 303 g/mol. The molecule has 2 heterocycles. The first-order chi connectivity index (χ1) is 10.8. The lowest BCUT2D eigenvalue weighted by molar-refractivity contribution is 0.0749. The first-order valence-corrected chi connectivity index (χ1v) is 7.62. The minimum atomic E-state index is 0.180. The van der Waals surface area contributed by atoms with Crippen molar-refractivity contribution in [2.24, 2.45) is 0 Å². The zero-order valence-corrected chi connectivity index (χ0v) is 12.7. The van der Waals surface area contributed by atoms with E-state index in [9.17, 15) is 5.11 Å². The number of nitrogens with zero attached hydrogens (tertiary/aromatic N) is 3. The maximum absolute atomic E-state index is 9.45. The Hall–Kier alpha value is -1.92. The molecule has 2 aromatic rings. The van der Waals surface area contributed by atoms with Gasteiger partial charge in [0.25, 0.3) is 0 Å². The summed E-state index contributed by atoms with van der Waals surface area (Å²) >= 11 is 0. The van der Waals surface area contributed by atoms with Crippen LogP contribution in [0.15, 0.2) is 28.8 Å². The van der Waals surface area contributed by atoms with Crippen LogP contribution >= 0.6 is 0 Å². The number of ether oxygens (including phenoxy) is 1. The van der Waals surface area contributed by atoms with Gasteiger partial charge in [0, 0.05) is 11.6 Å². The highest BCUT2D eigenvalue weighted by atomic mass is 16.5. The SMILES string of the molecule is COc1ccc(-c2noc(CN3CCCC[C@@H]3CO)n2)cc1. The van der Waals surface area contributed by atoms with Crippen molar-refractivity contribution in [1.29, 1.82) is 0 Å². The van der Waals surface area contributed by atoms with Crippen LogP contribution in [-0.4, -0.2) is 46.5 Å². The van der Waals surface area contributed by atoms with Gasteiger partial charge in [0.1, 0.15) is 5.75 Å². The van der Waals surface area contributed by atoms with Gasteiger partial charge in [-0.1, -0.05) is 11.6 Å². The Morgan fingerprint density at radius 3 is 2.86 bits per heavy atom. The standard InChI is InChI=1S/C16H21N3O3/c1-21-14-7-5-12(6-8-14)16-17-15(22-18-16)10-19-9-3-2-4-13(19)11-20/h5-8,13,20H,2-4,9-11H2,1H3/t13-/m1/s1. The van der Waals surface area contributed by atoms with Gasteiger partial charge < -0.3 is 14.4 Å². The first-order valence-electron chi connectivity index (χ1n) is 7.62. The predicted octanol–water partition coefficient (Wildman–Crippen LogP) is 2.09. The molecule has 0 amide bonds. The van der Waals surface area contributed by atoms with Crippen molar-refractivity contribution in [3.63, 3.8) is 0 Å². The number of hydrogen-bond acceptors (Lipinski definition) is 6. The van der Waals surface area contributed by atoms with Gasteiger partial charge in [-0.25, -0.2) is 0 Å². The Kier molecular flexibility index (Phi) is 4.70. The van der Waals surface area contributed by atoms with Gasteiger partial charge in [-0.15, -0.1) is 0 Å². The van der Waals surface area contributed by atoms with Crippen molar-refractivity contribution < 1.29 is 14.4 Å². The minimum absolute atomic E-state index is 0.180. The predicted molar refractivity (Wildman–Crippen MR) is 81.4 cm³/mol. The van der Waals surface area contributed by atoms with Crippen molar-refractivity contribution in [3.05, 3.63) is 30.2 Å². The Morgan fingerprint density at radius 1 is 1.32 bits per heavy atom. The van der Waals surface area contributed by atoms with E-state index in [0.29, 0.717) is 18.3 Å². The molecule has 0 radical (unpaired) electrons. The number of piperidine rings is 1. The molecular formula is C16H21N3O3. The molecule has 1 saturated heterocycles. The number of methoxy groups -OCH3 is 1. The molecule has 0 spiro atoms. The van der Waals surface area contributed by atoms with Crippen molar-refractivity contribution in [2.75, 3.05) is 20.3 Å². The number of aromatic nitrogens is 2. The van der Waals surface area contributed by atoms with Gasteiger partial charge in [-0.05, 0) is 43.7 Å². The van der Waals surface area contributed by atoms with E-state index in [2.05, 4.69) is 15.0 Å². The second-order valence-corrected chi connectivity index (χ2v) is 5.54. The second-order valence-electron chi connectivity index (χ2n) is 5.54. The highest BCUT2D eigenvalue weighted by Crippen LogP contribution is 2.22. The van der Waals surface area contributed by atoms with E-state index in [1.807, 2.05) is 24.3 Å². The van der Waals surface area contributed by atoms with Gasteiger partial charge in [0.05, 0.1) is 20.3 Å². The topological polar surface area (TPSA) is 71.6 Å². The summed E-state index contributed by atoms with van der Waals surface area (Å²) in [7, 11) is 1.64. The molecule has 1 aromatic heterocycles. The monoisotopic (exact) mass is 303 g/mol. The lowest BCUT2D eigenvalue weighted by atomic mass is 10.0. The smallest absolute Gasteiger partial charge is 0.241 e. The summed E-state index contributed by atoms with van der Waals surface area (Å²) in [6.45, 7) is 1.74. The van der Waals surface area contributed by atoms with Crippen LogP contribution in [0.25, 0.3) is 11.4 Å². The molecule has 1 N–H and O–H groups in total. The van der Waals surface area contributed by atoms with Crippen LogP contribution in [0.2, 0.25) is 0 Å². The Labute approximate surface area is 129 Å². The lowest BCUT2D eigenvalue weighted by Gasteiger charge is -2.33. The van der Waals surface area contributed by atoms with E-state index in [1.165, 1.54) is 6.42 Å². The maximum Gasteiger partial charge on any atom is 0.241 e. The number of likely N-dealkylation sites (tertiary alicyclic amines) is 1. The van der Waals surface area contributed by atoms with Crippen LogP contribution < -0.4 is 4.74 Å². The molecule has 0 saturated carbocycles. The van der Waals surface area contributed by atoms with E-state index >= 15 is 0 Å². The molecule has 118 valence electrons. The Morgan fingerprint density at radius 2 is 2.14 bits per heavy atom. The van der Waals surface area contributed by atoms with Crippen LogP contribution in [0.1, 0.15) is 25.2 Å². The minimum Gasteiger partial charge on any atom is -0.497 e. The zero-order valence-electron chi connectivity index (χ0n) is 12.7. The first kappa shape index (κ1) is 15.0. The van der Waals surface area contributed by atoms with E-state index < -0.39 is 0 Å². The molecule has 6 nitrogen and oxygen atoms in total. The molecule has 1 aromatic carbocycles. The quantitative estimate of drug-likeness (QED) is 0.912. The van der Waals surface area contributed by atoms with E-state index in [4.69, 9.17) is 9.26 Å². The van der Waals surface area contributed by atoms with Crippen molar-refractivity contribution in [2.45, 2.75) is 31.8 Å². The number of benzene rings is 1. The fourth-order valence-electron chi connectivity index (χ4n) is 2.83. The van der Waals surface area contributed by atoms with Crippen LogP contribution in [0, 0.1) is 0 Å². The maximum atomic E-state index is 9.45. The van der Waals surface area contributed by atoms with Gasteiger partial charge >= 0.3 is 0 Å². The Bertz CT molecular complexity index is 597. The van der Waals surface area contributed by atoms with Gasteiger partial charge in [0.2, 0.25) is 11.7 Å². The van der Waals surface area contributed by atoms with Crippen LogP contribution in [0.5, 0.6) is 5.75 Å².